The van der Waals surface area contributed by atoms with Crippen LogP contribution in [0.25, 0.3) is 0 Å². The molecule has 0 fully saturated rings. The minimum Gasteiger partial charge on any atom is -0.461 e. The summed E-state index contributed by atoms with van der Waals surface area (Å²) in [4.78, 5) is 89.3. The standard InChI is InChI=1S/C49H68N2O16/c1-31(2)21-59-30-60-22-48(23-61-39(52)32(3)4,24-62-40(53)33(5)6)28-66-44(57)50-46(13,14)37-18-17-19-38(20-37)47(15,16)51-45(58)67-29-49(25-63-41(54)34(7)8,26-64-42(55)35(9)10)27-65-43(56)36(11)12/h17-20H,1,3,5,7,9,11,21-30H2,2,4,6,8,10,12-16H3,(H,50,57)(H,51,58). The first-order chi connectivity index (χ1) is 31.0. The molecule has 370 valence electrons. The Bertz CT molecular complexity index is 1960. The van der Waals surface area contributed by atoms with Gasteiger partial charge in [0.1, 0.15) is 58.5 Å². The van der Waals surface area contributed by atoms with Crippen LogP contribution in [0.4, 0.5) is 9.59 Å². The van der Waals surface area contributed by atoms with E-state index in [-0.39, 0.29) is 47.9 Å². The SMILES string of the molecule is C=C(C)COCOCC(COC(=O)NC(C)(C)c1cccc(C(C)(C)NC(=O)OCC(COC(=O)C(=C)C)(COC(=O)C(=C)C)COC(=O)C(=C)C)c1)(COC(=O)C(=C)C)COC(=O)C(=C)C. The van der Waals surface area contributed by atoms with Crippen molar-refractivity contribution in [1.82, 2.24) is 10.6 Å². The number of nitrogens with one attached hydrogen (secondary N) is 2. The summed E-state index contributed by atoms with van der Waals surface area (Å²) in [5.74, 6) is -3.84. The molecule has 2 N–H and O–H groups in total. The molecular formula is C49H68N2O16. The van der Waals surface area contributed by atoms with Gasteiger partial charge in [0.25, 0.3) is 0 Å². The van der Waals surface area contributed by atoms with Gasteiger partial charge in [0.2, 0.25) is 0 Å². The van der Waals surface area contributed by atoms with Gasteiger partial charge in [0, 0.05) is 27.9 Å². The Morgan fingerprint density at radius 1 is 0.448 bits per heavy atom. The fraction of sp³-hybridized carbons (Fsp3) is 0.490. The molecule has 0 aliphatic heterocycles. The second-order valence-corrected chi connectivity index (χ2v) is 17.8. The Balaban J connectivity index is 3.37. The number of hydrogen-bond donors (Lipinski definition) is 2. The van der Waals surface area contributed by atoms with E-state index in [1.165, 1.54) is 34.6 Å². The Hall–Kier alpha value is -6.53. The molecule has 0 atom stereocenters. The maximum atomic E-state index is 13.5. The van der Waals surface area contributed by atoms with Crippen molar-refractivity contribution in [2.24, 2.45) is 10.8 Å². The summed E-state index contributed by atoms with van der Waals surface area (Å²) >= 11 is 0. The second kappa shape index (κ2) is 26.6. The highest BCUT2D eigenvalue weighted by Crippen LogP contribution is 2.29. The van der Waals surface area contributed by atoms with Gasteiger partial charge in [-0.05, 0) is 80.4 Å². The number of esters is 5. The van der Waals surface area contributed by atoms with E-state index in [9.17, 15) is 33.6 Å². The molecule has 0 aromatic heterocycles. The minimum absolute atomic E-state index is 0.0615. The highest BCUT2D eigenvalue weighted by Gasteiger charge is 2.40. The molecule has 67 heavy (non-hydrogen) atoms. The lowest BCUT2D eigenvalue weighted by atomic mass is 9.87. The summed E-state index contributed by atoms with van der Waals surface area (Å²) < 4.78 is 49.5. The molecule has 18 nitrogen and oxygen atoms in total. The molecule has 0 heterocycles. The summed E-state index contributed by atoms with van der Waals surface area (Å²) in [6, 6.07) is 6.94. The number of ether oxygens (including phenoxy) is 9. The van der Waals surface area contributed by atoms with Crippen molar-refractivity contribution >= 4 is 42.0 Å². The smallest absolute Gasteiger partial charge is 0.407 e. The highest BCUT2D eigenvalue weighted by molar-refractivity contribution is 5.89. The van der Waals surface area contributed by atoms with Crippen LogP contribution in [0.2, 0.25) is 0 Å². The molecule has 1 rings (SSSR count). The van der Waals surface area contributed by atoms with Gasteiger partial charge < -0.3 is 53.3 Å². The zero-order valence-electron chi connectivity index (χ0n) is 40.7. The van der Waals surface area contributed by atoms with Crippen molar-refractivity contribution in [1.29, 1.82) is 0 Å². The van der Waals surface area contributed by atoms with Crippen LogP contribution in [0.5, 0.6) is 0 Å². The van der Waals surface area contributed by atoms with E-state index in [0.717, 1.165) is 5.57 Å². The van der Waals surface area contributed by atoms with E-state index in [1.54, 1.807) is 58.9 Å². The van der Waals surface area contributed by atoms with Gasteiger partial charge in [-0.15, -0.1) is 0 Å². The fourth-order valence-corrected chi connectivity index (χ4v) is 5.20. The Kier molecular flexibility index (Phi) is 23.2. The van der Waals surface area contributed by atoms with E-state index in [0.29, 0.717) is 11.1 Å². The third-order valence-electron chi connectivity index (χ3n) is 9.37. The highest BCUT2D eigenvalue weighted by atomic mass is 16.7. The Morgan fingerprint density at radius 3 is 1.01 bits per heavy atom. The van der Waals surface area contributed by atoms with Crippen molar-refractivity contribution in [3.8, 4) is 0 Å². The topological polar surface area (TPSA) is 227 Å². The van der Waals surface area contributed by atoms with Gasteiger partial charge in [-0.25, -0.2) is 33.6 Å². The normalized spacial score (nSPS) is 11.4. The second-order valence-electron chi connectivity index (χ2n) is 17.8. The summed E-state index contributed by atoms with van der Waals surface area (Å²) in [7, 11) is 0. The van der Waals surface area contributed by atoms with Crippen molar-refractivity contribution in [3.63, 3.8) is 0 Å². The lowest BCUT2D eigenvalue weighted by molar-refractivity contribution is -0.162. The molecule has 0 bridgehead atoms. The summed E-state index contributed by atoms with van der Waals surface area (Å²) in [5.41, 5.74) is -2.94. The average Bonchev–Trinajstić information content (AvgIpc) is 3.24. The van der Waals surface area contributed by atoms with Crippen LogP contribution >= 0.6 is 0 Å². The quantitative estimate of drug-likeness (QED) is 0.0212. The lowest BCUT2D eigenvalue weighted by Crippen LogP contribution is -2.47. The van der Waals surface area contributed by atoms with Crippen LogP contribution in [0.1, 0.15) is 80.4 Å². The van der Waals surface area contributed by atoms with Crippen molar-refractivity contribution < 1.29 is 76.2 Å². The van der Waals surface area contributed by atoms with E-state index >= 15 is 0 Å². The van der Waals surface area contributed by atoms with Crippen molar-refractivity contribution in [3.05, 3.63) is 108 Å². The van der Waals surface area contributed by atoms with Crippen LogP contribution in [0, 0.1) is 10.8 Å². The van der Waals surface area contributed by atoms with E-state index in [4.69, 9.17) is 42.6 Å². The predicted molar refractivity (Wildman–Crippen MR) is 247 cm³/mol. The summed E-state index contributed by atoms with van der Waals surface area (Å²) in [6.45, 7) is 33.8. The zero-order chi connectivity index (χ0) is 51.3. The fourth-order valence-electron chi connectivity index (χ4n) is 5.20. The molecule has 0 aliphatic rings. The number of rotatable bonds is 29. The van der Waals surface area contributed by atoms with Crippen LogP contribution in [0.3, 0.4) is 0 Å². The minimum atomic E-state index is -1.58. The van der Waals surface area contributed by atoms with Gasteiger partial charge in [-0.3, -0.25) is 0 Å². The molecule has 0 aliphatic carbocycles. The zero-order valence-corrected chi connectivity index (χ0v) is 40.7. The molecule has 1 aromatic rings. The molecule has 0 saturated carbocycles. The first-order valence-corrected chi connectivity index (χ1v) is 20.9. The van der Waals surface area contributed by atoms with E-state index in [1.807, 2.05) is 0 Å². The first kappa shape index (κ1) is 58.5. The Labute approximate surface area is 393 Å². The van der Waals surface area contributed by atoms with Crippen molar-refractivity contribution in [2.45, 2.75) is 80.3 Å². The monoisotopic (exact) mass is 940 g/mol. The molecule has 0 saturated heterocycles. The van der Waals surface area contributed by atoms with Gasteiger partial charge in [-0.2, -0.15) is 0 Å². The Morgan fingerprint density at radius 2 is 0.731 bits per heavy atom. The predicted octanol–water partition coefficient (Wildman–Crippen LogP) is 6.75. The van der Waals surface area contributed by atoms with Gasteiger partial charge in [0.15, 0.2) is 0 Å². The summed E-state index contributed by atoms with van der Waals surface area (Å²) in [5, 5.41) is 5.61. The van der Waals surface area contributed by atoms with Crippen LogP contribution in [0.15, 0.2) is 97.2 Å². The largest absolute Gasteiger partial charge is 0.461 e. The van der Waals surface area contributed by atoms with Crippen LogP contribution in [-0.2, 0) is 77.7 Å². The third-order valence-corrected chi connectivity index (χ3v) is 9.37. The number of amides is 2. The van der Waals surface area contributed by atoms with E-state index in [2.05, 4.69) is 50.1 Å². The number of hydrogen-bond acceptors (Lipinski definition) is 16. The van der Waals surface area contributed by atoms with Gasteiger partial charge in [-0.1, -0.05) is 69.3 Å². The molecule has 18 heteroatoms. The van der Waals surface area contributed by atoms with Crippen molar-refractivity contribution in [2.75, 3.05) is 66.3 Å². The third kappa shape index (κ3) is 21.1. The van der Waals surface area contributed by atoms with Gasteiger partial charge in [0.05, 0.1) is 29.7 Å². The number of carbonyl (C=O) groups excluding carboxylic acids is 7. The molecule has 2 amide bonds. The van der Waals surface area contributed by atoms with Crippen LogP contribution < -0.4 is 10.6 Å². The van der Waals surface area contributed by atoms with Crippen LogP contribution in [-0.4, -0.2) is 108 Å². The number of benzene rings is 1. The molecule has 1 aromatic carbocycles. The maximum absolute atomic E-state index is 13.5. The maximum Gasteiger partial charge on any atom is 0.407 e. The van der Waals surface area contributed by atoms with E-state index < -0.39 is 110 Å². The molecule has 0 spiro atoms. The average molecular weight is 941 g/mol. The molecule has 0 radical (unpaired) electrons. The summed E-state index contributed by atoms with van der Waals surface area (Å²) in [6.07, 6.45) is -1.83. The number of alkyl carbamates (subject to hydrolysis) is 2. The molecular weight excluding hydrogens is 873 g/mol. The molecule has 0 unspecified atom stereocenters. The van der Waals surface area contributed by atoms with Gasteiger partial charge >= 0.3 is 42.0 Å². The lowest BCUT2D eigenvalue weighted by Gasteiger charge is -2.34. The first-order valence-electron chi connectivity index (χ1n) is 20.9. The number of carbonyl (C=O) groups is 7.